The summed E-state index contributed by atoms with van der Waals surface area (Å²) >= 11 is 0. The molecule has 2 nitrogen and oxygen atoms in total. The minimum Gasteiger partial charge on any atom is -0.380 e. The van der Waals surface area contributed by atoms with Gasteiger partial charge in [0.1, 0.15) is 0 Å². The van der Waals surface area contributed by atoms with E-state index in [9.17, 15) is 0 Å². The molecule has 1 atom stereocenters. The number of ether oxygens (including phenoxy) is 1. The van der Waals surface area contributed by atoms with Gasteiger partial charge in [-0.05, 0) is 12.8 Å². The Morgan fingerprint density at radius 2 is 2.50 bits per heavy atom. The van der Waals surface area contributed by atoms with Crippen molar-refractivity contribution in [2.75, 3.05) is 13.2 Å². The molecule has 10 heavy (non-hydrogen) atoms. The summed E-state index contributed by atoms with van der Waals surface area (Å²) in [6.45, 7) is 3.53. The van der Waals surface area contributed by atoms with Gasteiger partial charge in [0.05, 0.1) is 18.1 Å². The average molecular weight is 139 g/mol. The monoisotopic (exact) mass is 139 g/mol. The van der Waals surface area contributed by atoms with Gasteiger partial charge in [-0.25, -0.2) is 0 Å². The van der Waals surface area contributed by atoms with Crippen LogP contribution >= 0.6 is 0 Å². The zero-order valence-electron chi connectivity index (χ0n) is 6.39. The van der Waals surface area contributed by atoms with E-state index in [0.29, 0.717) is 6.61 Å². The molecule has 0 aromatic heterocycles. The SMILES string of the molecule is CCCC1(C#N)CCOC1. The minimum absolute atomic E-state index is 0.130. The van der Waals surface area contributed by atoms with Crippen LogP contribution in [0.25, 0.3) is 0 Å². The first-order chi connectivity index (χ1) is 4.83. The van der Waals surface area contributed by atoms with Crippen molar-refractivity contribution in [2.24, 2.45) is 5.41 Å². The van der Waals surface area contributed by atoms with Crippen LogP contribution in [0.4, 0.5) is 0 Å². The van der Waals surface area contributed by atoms with Gasteiger partial charge < -0.3 is 4.74 Å². The molecule has 56 valence electrons. The van der Waals surface area contributed by atoms with Gasteiger partial charge >= 0.3 is 0 Å². The highest BCUT2D eigenvalue weighted by Crippen LogP contribution is 2.32. The van der Waals surface area contributed by atoms with Crippen molar-refractivity contribution in [3.8, 4) is 6.07 Å². The molecule has 0 aliphatic carbocycles. The Labute approximate surface area is 61.8 Å². The predicted octanol–water partition coefficient (Wildman–Crippen LogP) is 1.72. The van der Waals surface area contributed by atoms with Crippen LogP contribution in [-0.4, -0.2) is 13.2 Å². The molecule has 0 aromatic carbocycles. The standard InChI is InChI=1S/C8H13NO/c1-2-3-8(6-9)4-5-10-7-8/h2-5,7H2,1H3. The van der Waals surface area contributed by atoms with E-state index in [1.807, 2.05) is 0 Å². The summed E-state index contributed by atoms with van der Waals surface area (Å²) in [5.74, 6) is 0. The second kappa shape index (κ2) is 3.03. The van der Waals surface area contributed by atoms with Crippen molar-refractivity contribution in [1.29, 1.82) is 5.26 Å². The molecule has 1 aliphatic rings. The van der Waals surface area contributed by atoms with Gasteiger partial charge in [-0.2, -0.15) is 5.26 Å². The molecule has 1 rings (SSSR count). The fourth-order valence-electron chi connectivity index (χ4n) is 1.43. The summed E-state index contributed by atoms with van der Waals surface area (Å²) in [7, 11) is 0. The van der Waals surface area contributed by atoms with E-state index in [0.717, 1.165) is 25.9 Å². The lowest BCUT2D eigenvalue weighted by Gasteiger charge is -2.15. The van der Waals surface area contributed by atoms with Crippen LogP contribution in [0.1, 0.15) is 26.2 Å². The molecule has 0 saturated carbocycles. The van der Waals surface area contributed by atoms with Crippen molar-refractivity contribution < 1.29 is 4.74 Å². The number of nitrogens with zero attached hydrogens (tertiary/aromatic N) is 1. The van der Waals surface area contributed by atoms with E-state index in [1.54, 1.807) is 0 Å². The van der Waals surface area contributed by atoms with Crippen molar-refractivity contribution >= 4 is 0 Å². The molecule has 0 aromatic rings. The third-order valence-electron chi connectivity index (χ3n) is 2.07. The third kappa shape index (κ3) is 1.30. The Kier molecular flexibility index (Phi) is 2.29. The normalized spacial score (nSPS) is 32.0. The van der Waals surface area contributed by atoms with Gasteiger partial charge in [0, 0.05) is 6.61 Å². The van der Waals surface area contributed by atoms with Crippen LogP contribution in [0.3, 0.4) is 0 Å². The Bertz CT molecular complexity index is 142. The van der Waals surface area contributed by atoms with E-state index in [4.69, 9.17) is 10.00 Å². The Morgan fingerprint density at radius 3 is 2.90 bits per heavy atom. The summed E-state index contributed by atoms with van der Waals surface area (Å²) in [5, 5.41) is 8.82. The van der Waals surface area contributed by atoms with Gasteiger partial charge in [-0.1, -0.05) is 13.3 Å². The van der Waals surface area contributed by atoms with Crippen molar-refractivity contribution in [2.45, 2.75) is 26.2 Å². The second-order valence-corrected chi connectivity index (χ2v) is 2.94. The first-order valence-corrected chi connectivity index (χ1v) is 3.82. The van der Waals surface area contributed by atoms with Crippen molar-refractivity contribution in [1.82, 2.24) is 0 Å². The lowest BCUT2D eigenvalue weighted by atomic mass is 9.85. The largest absolute Gasteiger partial charge is 0.380 e. The minimum atomic E-state index is -0.130. The topological polar surface area (TPSA) is 33.0 Å². The molecule has 0 radical (unpaired) electrons. The molecule has 1 fully saturated rings. The Hall–Kier alpha value is -0.550. The molecule has 1 unspecified atom stereocenters. The smallest absolute Gasteiger partial charge is 0.0828 e. The molecule has 0 bridgehead atoms. The Morgan fingerprint density at radius 1 is 1.70 bits per heavy atom. The summed E-state index contributed by atoms with van der Waals surface area (Å²) in [6, 6.07) is 2.35. The Balaban J connectivity index is 2.51. The van der Waals surface area contributed by atoms with Gasteiger partial charge in [0.2, 0.25) is 0 Å². The van der Waals surface area contributed by atoms with Gasteiger partial charge in [-0.3, -0.25) is 0 Å². The van der Waals surface area contributed by atoms with Crippen LogP contribution in [-0.2, 0) is 4.74 Å². The zero-order valence-corrected chi connectivity index (χ0v) is 6.39. The molecule has 1 saturated heterocycles. The van der Waals surface area contributed by atoms with E-state index in [1.165, 1.54) is 0 Å². The number of nitriles is 1. The first-order valence-electron chi connectivity index (χ1n) is 3.82. The number of hydrogen-bond donors (Lipinski definition) is 0. The average Bonchev–Trinajstić information content (AvgIpc) is 2.39. The third-order valence-corrected chi connectivity index (χ3v) is 2.07. The fourth-order valence-corrected chi connectivity index (χ4v) is 1.43. The maximum atomic E-state index is 8.82. The predicted molar refractivity (Wildman–Crippen MR) is 38.4 cm³/mol. The van der Waals surface area contributed by atoms with Gasteiger partial charge in [-0.15, -0.1) is 0 Å². The summed E-state index contributed by atoms with van der Waals surface area (Å²) in [4.78, 5) is 0. The molecular weight excluding hydrogens is 126 g/mol. The maximum Gasteiger partial charge on any atom is 0.0828 e. The van der Waals surface area contributed by atoms with E-state index in [2.05, 4.69) is 13.0 Å². The van der Waals surface area contributed by atoms with E-state index < -0.39 is 0 Å². The zero-order chi connectivity index (χ0) is 7.45. The molecule has 1 aliphatic heterocycles. The van der Waals surface area contributed by atoms with Gasteiger partial charge in [0.25, 0.3) is 0 Å². The van der Waals surface area contributed by atoms with Crippen LogP contribution in [0, 0.1) is 16.7 Å². The molecule has 0 spiro atoms. The molecule has 1 heterocycles. The van der Waals surface area contributed by atoms with Gasteiger partial charge in [0.15, 0.2) is 0 Å². The number of hydrogen-bond acceptors (Lipinski definition) is 2. The molecular formula is C8H13NO. The van der Waals surface area contributed by atoms with Crippen molar-refractivity contribution in [3.05, 3.63) is 0 Å². The van der Waals surface area contributed by atoms with Crippen LogP contribution < -0.4 is 0 Å². The number of rotatable bonds is 2. The van der Waals surface area contributed by atoms with Crippen LogP contribution in [0.2, 0.25) is 0 Å². The molecule has 2 heteroatoms. The van der Waals surface area contributed by atoms with Crippen molar-refractivity contribution in [3.63, 3.8) is 0 Å². The lowest BCUT2D eigenvalue weighted by molar-refractivity contribution is 0.168. The molecule has 0 N–H and O–H groups in total. The second-order valence-electron chi connectivity index (χ2n) is 2.94. The summed E-state index contributed by atoms with van der Waals surface area (Å²) in [6.07, 6.45) is 3.00. The quantitative estimate of drug-likeness (QED) is 0.583. The molecule has 0 amide bonds. The highest BCUT2D eigenvalue weighted by atomic mass is 16.5. The highest BCUT2D eigenvalue weighted by molar-refractivity contribution is 5.00. The van der Waals surface area contributed by atoms with Crippen LogP contribution in [0.15, 0.2) is 0 Å². The summed E-state index contributed by atoms with van der Waals surface area (Å²) < 4.78 is 5.18. The van der Waals surface area contributed by atoms with E-state index >= 15 is 0 Å². The highest BCUT2D eigenvalue weighted by Gasteiger charge is 2.33. The lowest BCUT2D eigenvalue weighted by Crippen LogP contribution is -2.17. The summed E-state index contributed by atoms with van der Waals surface area (Å²) in [5.41, 5.74) is -0.130. The van der Waals surface area contributed by atoms with Crippen LogP contribution in [0.5, 0.6) is 0 Å². The fraction of sp³-hybridized carbons (Fsp3) is 0.875. The maximum absolute atomic E-state index is 8.82. The first kappa shape index (κ1) is 7.56. The van der Waals surface area contributed by atoms with E-state index in [-0.39, 0.29) is 5.41 Å².